The van der Waals surface area contributed by atoms with Crippen LogP contribution in [0.3, 0.4) is 0 Å². The van der Waals surface area contributed by atoms with Gasteiger partial charge in [0.15, 0.2) is 0 Å². The summed E-state index contributed by atoms with van der Waals surface area (Å²) in [6.07, 6.45) is 8.64. The van der Waals surface area contributed by atoms with Crippen LogP contribution >= 0.6 is 0 Å². The van der Waals surface area contributed by atoms with Gasteiger partial charge < -0.3 is 10.0 Å². The van der Waals surface area contributed by atoms with Gasteiger partial charge in [0.25, 0.3) is 5.91 Å². The van der Waals surface area contributed by atoms with Crippen molar-refractivity contribution in [2.24, 2.45) is 5.92 Å². The molecule has 1 heterocycles. The molecule has 2 fully saturated rings. The summed E-state index contributed by atoms with van der Waals surface area (Å²) < 4.78 is 0. The Bertz CT molecular complexity index is 491. The van der Waals surface area contributed by atoms with E-state index in [9.17, 15) is 9.90 Å². The maximum Gasteiger partial charge on any atom is 0.253 e. The number of carbonyl (C=O) groups is 1. The Morgan fingerprint density at radius 2 is 1.77 bits per heavy atom. The molecule has 1 aliphatic heterocycles. The summed E-state index contributed by atoms with van der Waals surface area (Å²) in [5, 5.41) is 9.30. The largest absolute Gasteiger partial charge is 0.396 e. The molecule has 120 valence electrons. The highest BCUT2D eigenvalue weighted by atomic mass is 16.3. The zero-order chi connectivity index (χ0) is 15.4. The van der Waals surface area contributed by atoms with Crippen LogP contribution in [0.15, 0.2) is 24.3 Å². The lowest BCUT2D eigenvalue weighted by atomic mass is 9.84. The smallest absolute Gasteiger partial charge is 0.253 e. The number of piperidine rings is 1. The molecule has 1 unspecified atom stereocenters. The number of nitrogens with zero attached hydrogens (tertiary/aromatic N) is 1. The van der Waals surface area contributed by atoms with Crippen LogP contribution in [0.4, 0.5) is 0 Å². The number of aliphatic hydroxyl groups is 1. The Hall–Kier alpha value is -1.35. The van der Waals surface area contributed by atoms with E-state index in [1.165, 1.54) is 37.7 Å². The van der Waals surface area contributed by atoms with Crippen molar-refractivity contribution in [3.8, 4) is 0 Å². The van der Waals surface area contributed by atoms with Gasteiger partial charge in [0.05, 0.1) is 0 Å². The van der Waals surface area contributed by atoms with Gasteiger partial charge in [-0.05, 0) is 55.2 Å². The molecule has 1 aromatic rings. The van der Waals surface area contributed by atoms with Gasteiger partial charge in [-0.2, -0.15) is 0 Å². The van der Waals surface area contributed by atoms with E-state index in [1.54, 1.807) is 0 Å². The summed E-state index contributed by atoms with van der Waals surface area (Å²) in [6.45, 7) is 1.70. The van der Waals surface area contributed by atoms with Gasteiger partial charge in [-0.1, -0.05) is 31.4 Å². The minimum Gasteiger partial charge on any atom is -0.396 e. The second-order valence-corrected chi connectivity index (χ2v) is 6.90. The van der Waals surface area contributed by atoms with Gasteiger partial charge in [-0.25, -0.2) is 0 Å². The normalized spacial score (nSPS) is 23.5. The van der Waals surface area contributed by atoms with Crippen molar-refractivity contribution in [3.05, 3.63) is 35.4 Å². The quantitative estimate of drug-likeness (QED) is 0.927. The van der Waals surface area contributed by atoms with E-state index >= 15 is 0 Å². The topological polar surface area (TPSA) is 40.5 Å². The fraction of sp³-hybridized carbons (Fsp3) is 0.632. The molecule has 22 heavy (non-hydrogen) atoms. The van der Waals surface area contributed by atoms with E-state index in [0.717, 1.165) is 24.9 Å². The molecular weight excluding hydrogens is 274 g/mol. The van der Waals surface area contributed by atoms with E-state index < -0.39 is 0 Å². The van der Waals surface area contributed by atoms with Crippen LogP contribution < -0.4 is 0 Å². The summed E-state index contributed by atoms with van der Waals surface area (Å²) in [7, 11) is 0. The van der Waals surface area contributed by atoms with Crippen molar-refractivity contribution in [1.82, 2.24) is 4.90 Å². The van der Waals surface area contributed by atoms with E-state index in [-0.39, 0.29) is 18.4 Å². The maximum atomic E-state index is 12.6. The molecule has 0 spiro atoms. The number of carbonyl (C=O) groups excluding carboxylic acids is 1. The highest BCUT2D eigenvalue weighted by molar-refractivity contribution is 5.94. The lowest BCUT2D eigenvalue weighted by Gasteiger charge is -2.32. The van der Waals surface area contributed by atoms with Gasteiger partial charge in [0.1, 0.15) is 0 Å². The molecule has 3 rings (SSSR count). The molecule has 1 aromatic carbocycles. The summed E-state index contributed by atoms with van der Waals surface area (Å²) in [4.78, 5) is 14.5. The highest BCUT2D eigenvalue weighted by Crippen LogP contribution is 2.32. The molecule has 1 saturated heterocycles. The summed E-state index contributed by atoms with van der Waals surface area (Å²) >= 11 is 0. The minimum atomic E-state index is 0.119. The SMILES string of the molecule is O=C(c1ccc(C2CCCCC2)cc1)N1CCCC(CO)C1. The van der Waals surface area contributed by atoms with Gasteiger partial charge in [0, 0.05) is 25.3 Å². The summed E-state index contributed by atoms with van der Waals surface area (Å²) in [5.74, 6) is 1.05. The molecule has 1 aliphatic carbocycles. The molecule has 2 aliphatic rings. The number of likely N-dealkylation sites (tertiary alicyclic amines) is 1. The first-order valence-electron chi connectivity index (χ1n) is 8.78. The van der Waals surface area contributed by atoms with Crippen molar-refractivity contribution in [2.75, 3.05) is 19.7 Å². The van der Waals surface area contributed by atoms with Crippen LogP contribution in [0.5, 0.6) is 0 Å². The lowest BCUT2D eigenvalue weighted by Crippen LogP contribution is -2.40. The lowest BCUT2D eigenvalue weighted by molar-refractivity contribution is 0.0620. The first kappa shape index (κ1) is 15.5. The van der Waals surface area contributed by atoms with Crippen molar-refractivity contribution in [3.63, 3.8) is 0 Å². The monoisotopic (exact) mass is 301 g/mol. The number of hydrogen-bond donors (Lipinski definition) is 1. The zero-order valence-electron chi connectivity index (χ0n) is 13.3. The first-order valence-corrected chi connectivity index (χ1v) is 8.78. The molecule has 1 saturated carbocycles. The minimum absolute atomic E-state index is 0.119. The number of rotatable bonds is 3. The Kier molecular flexibility index (Phi) is 5.14. The van der Waals surface area contributed by atoms with Crippen molar-refractivity contribution < 1.29 is 9.90 Å². The fourth-order valence-electron chi connectivity index (χ4n) is 3.91. The molecular formula is C19H27NO2. The van der Waals surface area contributed by atoms with Crippen LogP contribution in [0.1, 0.15) is 66.8 Å². The second-order valence-electron chi connectivity index (χ2n) is 6.90. The standard InChI is InChI=1S/C19H27NO2/c21-14-15-5-4-12-20(13-15)19(22)18-10-8-17(9-11-18)16-6-2-1-3-7-16/h8-11,15-16,21H,1-7,12-14H2. The third kappa shape index (κ3) is 3.52. The molecule has 3 nitrogen and oxygen atoms in total. The van der Waals surface area contributed by atoms with Gasteiger partial charge in [-0.3, -0.25) is 4.79 Å². The summed E-state index contributed by atoms with van der Waals surface area (Å²) in [5.41, 5.74) is 2.18. The number of hydrogen-bond acceptors (Lipinski definition) is 2. The molecule has 0 aromatic heterocycles. The van der Waals surface area contributed by atoms with Crippen molar-refractivity contribution in [2.45, 2.75) is 50.9 Å². The third-order valence-corrected chi connectivity index (χ3v) is 5.30. The number of benzene rings is 1. The molecule has 0 radical (unpaired) electrons. The van der Waals surface area contributed by atoms with E-state index in [1.807, 2.05) is 17.0 Å². The fourth-order valence-corrected chi connectivity index (χ4v) is 3.91. The average Bonchev–Trinajstić information content (AvgIpc) is 2.62. The molecule has 3 heteroatoms. The van der Waals surface area contributed by atoms with Gasteiger partial charge in [0.2, 0.25) is 0 Å². The number of aliphatic hydroxyl groups excluding tert-OH is 1. The predicted molar refractivity (Wildman–Crippen MR) is 88.0 cm³/mol. The molecule has 1 amide bonds. The summed E-state index contributed by atoms with van der Waals surface area (Å²) in [6, 6.07) is 8.29. The number of amides is 1. The zero-order valence-corrected chi connectivity index (χ0v) is 13.3. The average molecular weight is 301 g/mol. The Morgan fingerprint density at radius 1 is 1.05 bits per heavy atom. The Morgan fingerprint density at radius 3 is 2.45 bits per heavy atom. The van der Waals surface area contributed by atoms with Gasteiger partial charge >= 0.3 is 0 Å². The molecule has 1 N–H and O–H groups in total. The van der Waals surface area contributed by atoms with Crippen molar-refractivity contribution >= 4 is 5.91 Å². The highest BCUT2D eigenvalue weighted by Gasteiger charge is 2.24. The van der Waals surface area contributed by atoms with E-state index in [0.29, 0.717) is 12.5 Å². The first-order chi connectivity index (χ1) is 10.8. The van der Waals surface area contributed by atoms with Crippen LogP contribution in [0.25, 0.3) is 0 Å². The maximum absolute atomic E-state index is 12.6. The van der Waals surface area contributed by atoms with Crippen LogP contribution in [-0.4, -0.2) is 35.6 Å². The van der Waals surface area contributed by atoms with Crippen LogP contribution in [0, 0.1) is 5.92 Å². The molecule has 0 bridgehead atoms. The second kappa shape index (κ2) is 7.28. The van der Waals surface area contributed by atoms with Gasteiger partial charge in [-0.15, -0.1) is 0 Å². The molecule has 1 atom stereocenters. The predicted octanol–water partition coefficient (Wildman–Crippen LogP) is 3.58. The van der Waals surface area contributed by atoms with E-state index in [4.69, 9.17) is 0 Å². The van der Waals surface area contributed by atoms with E-state index in [2.05, 4.69) is 12.1 Å². The Balaban J connectivity index is 1.65. The Labute approximate surface area is 133 Å². The van der Waals surface area contributed by atoms with Crippen LogP contribution in [-0.2, 0) is 0 Å². The third-order valence-electron chi connectivity index (χ3n) is 5.30. The van der Waals surface area contributed by atoms with Crippen molar-refractivity contribution in [1.29, 1.82) is 0 Å². The van der Waals surface area contributed by atoms with Crippen LogP contribution in [0.2, 0.25) is 0 Å².